The molecule has 1 heterocycles. The quantitative estimate of drug-likeness (QED) is 0.566. The van der Waals surface area contributed by atoms with Gasteiger partial charge in [-0.25, -0.2) is 4.98 Å². The van der Waals surface area contributed by atoms with Crippen LogP contribution in [0.5, 0.6) is 0 Å². The van der Waals surface area contributed by atoms with Gasteiger partial charge in [0.05, 0.1) is 10.7 Å². The van der Waals surface area contributed by atoms with E-state index in [1.165, 1.54) is 0 Å². The molecule has 14 heavy (non-hydrogen) atoms. The normalized spacial score (nSPS) is 11.6. The molecule has 0 bridgehead atoms. The maximum absolute atomic E-state index is 10.1. The van der Waals surface area contributed by atoms with Crippen LogP contribution in [-0.4, -0.2) is 11.3 Å². The van der Waals surface area contributed by atoms with Gasteiger partial charge in [0, 0.05) is 17.2 Å². The third-order valence-electron chi connectivity index (χ3n) is 2.03. The number of aryl methyl sites for hydroxylation is 1. The number of carbonyl (C=O) groups excluding carboxylic acids is 1. The van der Waals surface area contributed by atoms with Gasteiger partial charge >= 0.3 is 0 Å². The molecule has 0 fully saturated rings. The minimum absolute atomic E-state index is 0.138. The van der Waals surface area contributed by atoms with Crippen molar-refractivity contribution in [1.29, 1.82) is 0 Å². The maximum Gasteiger partial charge on any atom is 0.120 e. The molecule has 0 aliphatic carbocycles. The molecule has 0 N–H and O–H groups in total. The van der Waals surface area contributed by atoms with Crippen LogP contribution in [0.2, 0.25) is 0 Å². The second kappa shape index (κ2) is 4.69. The number of thiazole rings is 1. The van der Waals surface area contributed by atoms with Crippen molar-refractivity contribution in [1.82, 2.24) is 4.98 Å². The van der Waals surface area contributed by atoms with Gasteiger partial charge in [-0.1, -0.05) is 20.8 Å². The molecular weight excluding hydrogens is 194 g/mol. The first-order valence-electron chi connectivity index (χ1n) is 4.92. The Bertz CT molecular complexity index is 298. The van der Waals surface area contributed by atoms with Crippen LogP contribution in [0, 0.1) is 0 Å². The summed E-state index contributed by atoms with van der Waals surface area (Å²) < 4.78 is 0. The first-order valence-corrected chi connectivity index (χ1v) is 5.80. The lowest BCUT2D eigenvalue weighted by Gasteiger charge is -2.14. The molecule has 0 radical (unpaired) electrons. The highest BCUT2D eigenvalue weighted by Gasteiger charge is 2.16. The number of carbonyl (C=O) groups is 1. The number of unbranched alkanes of at least 4 members (excludes halogenated alkanes) is 1. The Morgan fingerprint density at radius 2 is 2.21 bits per heavy atom. The SMILES string of the molecule is CC(C)(C)c1csc(CCCC=O)n1. The summed E-state index contributed by atoms with van der Waals surface area (Å²) in [6.45, 7) is 6.49. The molecule has 3 heteroatoms. The van der Waals surface area contributed by atoms with Gasteiger partial charge in [0.25, 0.3) is 0 Å². The third kappa shape index (κ3) is 3.22. The van der Waals surface area contributed by atoms with E-state index in [0.717, 1.165) is 29.8 Å². The lowest BCUT2D eigenvalue weighted by Crippen LogP contribution is -2.11. The highest BCUT2D eigenvalue weighted by atomic mass is 32.1. The van der Waals surface area contributed by atoms with Crippen LogP contribution in [0.15, 0.2) is 5.38 Å². The second-order valence-electron chi connectivity index (χ2n) is 4.44. The fourth-order valence-corrected chi connectivity index (χ4v) is 2.17. The van der Waals surface area contributed by atoms with Crippen molar-refractivity contribution in [3.05, 3.63) is 16.1 Å². The number of nitrogens with zero attached hydrogens (tertiary/aromatic N) is 1. The van der Waals surface area contributed by atoms with Crippen molar-refractivity contribution < 1.29 is 4.79 Å². The van der Waals surface area contributed by atoms with Gasteiger partial charge in [0.2, 0.25) is 0 Å². The van der Waals surface area contributed by atoms with E-state index in [9.17, 15) is 4.79 Å². The van der Waals surface area contributed by atoms with Crippen LogP contribution in [0.4, 0.5) is 0 Å². The summed E-state index contributed by atoms with van der Waals surface area (Å²) in [6, 6.07) is 0. The number of hydrogen-bond acceptors (Lipinski definition) is 3. The van der Waals surface area contributed by atoms with Gasteiger partial charge in [0.15, 0.2) is 0 Å². The van der Waals surface area contributed by atoms with Crippen molar-refractivity contribution in [2.45, 2.75) is 45.4 Å². The molecule has 1 rings (SSSR count). The molecule has 1 aromatic heterocycles. The predicted octanol–water partition coefficient (Wildman–Crippen LogP) is 2.96. The molecule has 0 aliphatic rings. The summed E-state index contributed by atoms with van der Waals surface area (Å²) >= 11 is 1.70. The third-order valence-corrected chi connectivity index (χ3v) is 2.94. The minimum Gasteiger partial charge on any atom is -0.303 e. The lowest BCUT2D eigenvalue weighted by molar-refractivity contribution is -0.107. The first-order chi connectivity index (χ1) is 6.54. The van der Waals surface area contributed by atoms with Crippen LogP contribution in [0.3, 0.4) is 0 Å². The summed E-state index contributed by atoms with van der Waals surface area (Å²) in [6.07, 6.45) is 3.46. The van der Waals surface area contributed by atoms with Crippen molar-refractivity contribution in [2.75, 3.05) is 0 Å². The van der Waals surface area contributed by atoms with Crippen LogP contribution in [0.25, 0.3) is 0 Å². The molecule has 0 amide bonds. The van der Waals surface area contributed by atoms with E-state index < -0.39 is 0 Å². The molecule has 0 aromatic carbocycles. The number of hydrogen-bond donors (Lipinski definition) is 0. The van der Waals surface area contributed by atoms with E-state index in [-0.39, 0.29) is 5.41 Å². The molecule has 0 aliphatic heterocycles. The van der Waals surface area contributed by atoms with E-state index in [4.69, 9.17) is 0 Å². The van der Waals surface area contributed by atoms with E-state index >= 15 is 0 Å². The zero-order valence-corrected chi connectivity index (χ0v) is 9.86. The Labute approximate surface area is 89.4 Å². The van der Waals surface area contributed by atoms with Crippen LogP contribution < -0.4 is 0 Å². The molecule has 1 aromatic rings. The van der Waals surface area contributed by atoms with Gasteiger partial charge in [-0.3, -0.25) is 0 Å². The van der Waals surface area contributed by atoms with Crippen LogP contribution in [-0.2, 0) is 16.6 Å². The van der Waals surface area contributed by atoms with Gasteiger partial charge in [-0.2, -0.15) is 0 Å². The topological polar surface area (TPSA) is 30.0 Å². The molecule has 0 atom stereocenters. The summed E-state index contributed by atoms with van der Waals surface area (Å²) in [5.41, 5.74) is 1.29. The molecule has 0 saturated heterocycles. The first kappa shape index (κ1) is 11.4. The lowest BCUT2D eigenvalue weighted by atomic mass is 9.93. The molecule has 2 nitrogen and oxygen atoms in total. The summed E-state index contributed by atoms with van der Waals surface area (Å²) in [5.74, 6) is 0. The van der Waals surface area contributed by atoms with E-state index in [1.807, 2.05) is 0 Å². The summed E-state index contributed by atoms with van der Waals surface area (Å²) in [4.78, 5) is 14.7. The number of rotatable bonds is 4. The largest absolute Gasteiger partial charge is 0.303 e. The average molecular weight is 211 g/mol. The molecular formula is C11H17NOS. The van der Waals surface area contributed by atoms with Gasteiger partial charge in [-0.05, 0) is 12.8 Å². The summed E-state index contributed by atoms with van der Waals surface area (Å²) in [5, 5.41) is 3.27. The molecule has 0 saturated carbocycles. The number of aromatic nitrogens is 1. The van der Waals surface area contributed by atoms with Crippen molar-refractivity contribution in [3.63, 3.8) is 0 Å². The minimum atomic E-state index is 0.138. The fraction of sp³-hybridized carbons (Fsp3) is 0.636. The Balaban J connectivity index is 2.55. The van der Waals surface area contributed by atoms with Gasteiger partial charge < -0.3 is 4.79 Å². The highest BCUT2D eigenvalue weighted by molar-refractivity contribution is 7.09. The fourth-order valence-electron chi connectivity index (χ4n) is 1.11. The Morgan fingerprint density at radius 1 is 1.50 bits per heavy atom. The maximum atomic E-state index is 10.1. The van der Waals surface area contributed by atoms with Crippen molar-refractivity contribution in [2.24, 2.45) is 0 Å². The molecule has 0 spiro atoms. The average Bonchev–Trinajstić information content (AvgIpc) is 2.52. The smallest absolute Gasteiger partial charge is 0.120 e. The monoisotopic (exact) mass is 211 g/mol. The Hall–Kier alpha value is -0.700. The summed E-state index contributed by atoms with van der Waals surface area (Å²) in [7, 11) is 0. The zero-order valence-electron chi connectivity index (χ0n) is 9.04. The molecule has 0 unspecified atom stereocenters. The van der Waals surface area contributed by atoms with Crippen LogP contribution >= 0.6 is 11.3 Å². The van der Waals surface area contributed by atoms with Crippen molar-refractivity contribution >= 4 is 17.6 Å². The van der Waals surface area contributed by atoms with Crippen LogP contribution in [0.1, 0.15) is 44.3 Å². The molecule has 78 valence electrons. The van der Waals surface area contributed by atoms with Gasteiger partial charge in [0.1, 0.15) is 6.29 Å². The second-order valence-corrected chi connectivity index (χ2v) is 5.38. The van der Waals surface area contributed by atoms with E-state index in [1.54, 1.807) is 11.3 Å². The zero-order chi connectivity index (χ0) is 10.6. The Kier molecular flexibility index (Phi) is 3.81. The van der Waals surface area contributed by atoms with Gasteiger partial charge in [-0.15, -0.1) is 11.3 Å². The Morgan fingerprint density at radius 3 is 2.71 bits per heavy atom. The standard InChI is InChI=1S/C11H17NOS/c1-11(2,3)9-8-14-10(12-9)6-4-5-7-13/h7-8H,4-6H2,1-3H3. The van der Waals surface area contributed by atoms with Crippen molar-refractivity contribution in [3.8, 4) is 0 Å². The predicted molar refractivity (Wildman–Crippen MR) is 59.8 cm³/mol. The number of aldehydes is 1. The highest BCUT2D eigenvalue weighted by Crippen LogP contribution is 2.24. The van der Waals surface area contributed by atoms with E-state index in [2.05, 4.69) is 31.1 Å². The van der Waals surface area contributed by atoms with E-state index in [0.29, 0.717) is 6.42 Å².